The van der Waals surface area contributed by atoms with Crippen LogP contribution in [0, 0.1) is 11.8 Å². The van der Waals surface area contributed by atoms with Crippen molar-refractivity contribution in [3.8, 4) is 11.5 Å². The summed E-state index contributed by atoms with van der Waals surface area (Å²) in [6.07, 6.45) is 0.734. The smallest absolute Gasteiger partial charge is 0.270 e. The van der Waals surface area contributed by atoms with Gasteiger partial charge in [0, 0.05) is 38.4 Å². The summed E-state index contributed by atoms with van der Waals surface area (Å²) >= 11 is 12.9. The zero-order valence-corrected chi connectivity index (χ0v) is 26.2. The molecule has 1 saturated heterocycles. The molecule has 2 heterocycles. The lowest BCUT2D eigenvalue weighted by Gasteiger charge is -2.51. The molecular weight excluding hydrogens is 613 g/mol. The van der Waals surface area contributed by atoms with Crippen molar-refractivity contribution in [1.29, 1.82) is 0 Å². The molecule has 2 aromatic carbocycles. The number of nitrogens with zero attached hydrogens (tertiary/aromatic N) is 4. The first-order valence-corrected chi connectivity index (χ1v) is 15.0. The third kappa shape index (κ3) is 6.37. The van der Waals surface area contributed by atoms with Crippen LogP contribution in [0.5, 0.6) is 11.5 Å². The van der Waals surface area contributed by atoms with Crippen LogP contribution in [0.1, 0.15) is 12.0 Å². The van der Waals surface area contributed by atoms with Gasteiger partial charge in [0.05, 0.1) is 31.5 Å². The monoisotopic (exact) mass is 644 g/mol. The van der Waals surface area contributed by atoms with Gasteiger partial charge in [-0.05, 0) is 50.8 Å². The van der Waals surface area contributed by atoms with Crippen molar-refractivity contribution in [2.75, 3.05) is 64.3 Å². The molecule has 0 bridgehead atoms. The van der Waals surface area contributed by atoms with Crippen LogP contribution in [0.4, 0.5) is 20.3 Å². The van der Waals surface area contributed by atoms with Crippen molar-refractivity contribution in [3.05, 3.63) is 69.8 Å². The molecule has 42 heavy (non-hydrogen) atoms. The lowest BCUT2D eigenvalue weighted by Crippen LogP contribution is -2.64. The molecule has 0 amide bonds. The Kier molecular flexibility index (Phi) is 9.73. The average molecular weight is 646 g/mol. The lowest BCUT2D eigenvalue weighted by molar-refractivity contribution is -0.0430. The van der Waals surface area contributed by atoms with Gasteiger partial charge in [0.15, 0.2) is 5.82 Å². The Morgan fingerprint density at radius 2 is 1.76 bits per heavy atom. The SMILES string of the molecule is COc1ccc(CN(c2cccc(F)n2)S(=O)(=O)c2c(Cl)cc(N3CC(CCN(C)C)(OC)C3)c(Cl)c2F)c(OC)c1. The highest BCUT2D eigenvalue weighted by Crippen LogP contribution is 2.43. The zero-order chi connectivity index (χ0) is 30.8. The second kappa shape index (κ2) is 12.8. The van der Waals surface area contributed by atoms with Gasteiger partial charge in [0.2, 0.25) is 5.95 Å². The minimum atomic E-state index is -4.79. The molecule has 0 N–H and O–H groups in total. The van der Waals surface area contributed by atoms with Crippen LogP contribution in [0.3, 0.4) is 0 Å². The number of ether oxygens (including phenoxy) is 3. The first-order valence-electron chi connectivity index (χ1n) is 12.8. The number of halogens is 4. The van der Waals surface area contributed by atoms with Gasteiger partial charge in [-0.15, -0.1) is 0 Å². The summed E-state index contributed by atoms with van der Waals surface area (Å²) < 4.78 is 75.5. The van der Waals surface area contributed by atoms with Crippen molar-refractivity contribution >= 4 is 44.7 Å². The summed E-state index contributed by atoms with van der Waals surface area (Å²) in [6.45, 7) is 1.21. The van der Waals surface area contributed by atoms with Crippen LogP contribution in [0.15, 0.2) is 47.4 Å². The van der Waals surface area contributed by atoms with E-state index in [9.17, 15) is 12.8 Å². The maximum Gasteiger partial charge on any atom is 0.270 e. The molecule has 0 atom stereocenters. The van der Waals surface area contributed by atoms with E-state index < -0.39 is 48.9 Å². The quantitative estimate of drug-likeness (QED) is 0.196. The molecule has 228 valence electrons. The normalized spacial score (nSPS) is 14.6. The minimum Gasteiger partial charge on any atom is -0.497 e. The van der Waals surface area contributed by atoms with Gasteiger partial charge >= 0.3 is 0 Å². The van der Waals surface area contributed by atoms with Crippen molar-refractivity contribution in [1.82, 2.24) is 9.88 Å². The van der Waals surface area contributed by atoms with Crippen LogP contribution in [0.2, 0.25) is 10.0 Å². The molecule has 0 spiro atoms. The zero-order valence-electron chi connectivity index (χ0n) is 23.8. The van der Waals surface area contributed by atoms with E-state index in [1.54, 1.807) is 30.2 Å². The Hall–Kier alpha value is -2.90. The maximum absolute atomic E-state index is 16.0. The fourth-order valence-corrected chi connectivity index (χ4v) is 7.06. The number of methoxy groups -OCH3 is 3. The Labute approximate surface area is 254 Å². The maximum atomic E-state index is 16.0. The third-order valence-corrected chi connectivity index (χ3v) is 9.74. The summed E-state index contributed by atoms with van der Waals surface area (Å²) in [5, 5.41) is -0.803. The van der Waals surface area contributed by atoms with Crippen molar-refractivity contribution in [2.45, 2.75) is 23.5 Å². The Balaban J connectivity index is 1.75. The molecule has 0 aliphatic carbocycles. The molecule has 0 unspecified atom stereocenters. The van der Waals surface area contributed by atoms with E-state index in [1.165, 1.54) is 32.4 Å². The van der Waals surface area contributed by atoms with Gasteiger partial charge in [-0.2, -0.15) is 4.39 Å². The first kappa shape index (κ1) is 32.0. The predicted octanol–water partition coefficient (Wildman–Crippen LogP) is 5.24. The third-order valence-electron chi connectivity index (χ3n) is 7.16. The number of hydrogen-bond donors (Lipinski definition) is 0. The van der Waals surface area contributed by atoms with E-state index in [0.29, 0.717) is 30.2 Å². The highest BCUT2D eigenvalue weighted by molar-refractivity contribution is 7.93. The van der Waals surface area contributed by atoms with Gasteiger partial charge in [-0.1, -0.05) is 29.3 Å². The van der Waals surface area contributed by atoms with Crippen LogP contribution in [-0.2, 0) is 21.3 Å². The standard InChI is InChI=1S/C28H32Cl2F2N4O5S/c1-34(2)12-11-28(41-5)16-35(17-28)21-14-20(29)27(26(32)25(21)30)42(37,38)36(24-8-6-7-23(31)33-24)15-18-9-10-19(39-3)13-22(18)40-4/h6-10,13-14H,11-12,15-17H2,1-5H3. The first-order chi connectivity index (χ1) is 19.9. The molecule has 1 aromatic heterocycles. The summed E-state index contributed by atoms with van der Waals surface area (Å²) in [5.41, 5.74) is 0.155. The van der Waals surface area contributed by atoms with Gasteiger partial charge < -0.3 is 24.0 Å². The van der Waals surface area contributed by atoms with Gasteiger partial charge in [0.25, 0.3) is 10.0 Å². The number of hydrogen-bond acceptors (Lipinski definition) is 8. The second-order valence-corrected chi connectivity index (χ2v) is 12.7. The van der Waals surface area contributed by atoms with Gasteiger partial charge in [-0.25, -0.2) is 22.1 Å². The highest BCUT2D eigenvalue weighted by Gasteiger charge is 2.45. The number of benzene rings is 2. The molecule has 14 heteroatoms. The molecule has 4 rings (SSSR count). The minimum absolute atomic E-state index is 0.239. The summed E-state index contributed by atoms with van der Waals surface area (Å²) in [5.74, 6) is -1.69. The predicted molar refractivity (Wildman–Crippen MR) is 159 cm³/mol. The molecule has 1 aliphatic rings. The molecular formula is C28H32Cl2F2N4O5S. The number of rotatable bonds is 12. The lowest BCUT2D eigenvalue weighted by atomic mass is 9.89. The van der Waals surface area contributed by atoms with Gasteiger partial charge in [0.1, 0.15) is 32.8 Å². The number of aromatic nitrogens is 1. The fourth-order valence-electron chi connectivity index (χ4n) is 4.74. The fraction of sp³-hybridized carbons (Fsp3) is 0.393. The largest absolute Gasteiger partial charge is 0.497 e. The Bertz CT molecular complexity index is 1560. The summed E-state index contributed by atoms with van der Waals surface area (Å²) in [6, 6.07) is 9.70. The number of sulfonamides is 1. The molecule has 1 fully saturated rings. The Morgan fingerprint density at radius 3 is 2.36 bits per heavy atom. The Morgan fingerprint density at radius 1 is 1.05 bits per heavy atom. The van der Waals surface area contributed by atoms with E-state index in [-0.39, 0.29) is 11.5 Å². The van der Waals surface area contributed by atoms with E-state index in [1.807, 2.05) is 19.0 Å². The van der Waals surface area contributed by atoms with Crippen LogP contribution in [-0.4, -0.2) is 79.0 Å². The van der Waals surface area contributed by atoms with E-state index in [0.717, 1.165) is 23.3 Å². The molecule has 9 nitrogen and oxygen atoms in total. The van der Waals surface area contributed by atoms with E-state index in [4.69, 9.17) is 37.4 Å². The molecule has 0 radical (unpaired) electrons. The van der Waals surface area contributed by atoms with Crippen LogP contribution < -0.4 is 18.7 Å². The molecule has 1 aliphatic heterocycles. The van der Waals surface area contributed by atoms with E-state index >= 15 is 4.39 Å². The highest BCUT2D eigenvalue weighted by atomic mass is 35.5. The average Bonchev–Trinajstić information content (AvgIpc) is 2.93. The van der Waals surface area contributed by atoms with Crippen molar-refractivity contribution in [2.24, 2.45) is 0 Å². The molecule has 0 saturated carbocycles. The van der Waals surface area contributed by atoms with Crippen molar-refractivity contribution < 1.29 is 31.4 Å². The topological polar surface area (TPSA) is 84.4 Å². The van der Waals surface area contributed by atoms with E-state index in [2.05, 4.69) is 4.98 Å². The molecule has 3 aromatic rings. The number of anilines is 2. The van der Waals surface area contributed by atoms with Crippen LogP contribution >= 0.6 is 23.2 Å². The van der Waals surface area contributed by atoms with Crippen molar-refractivity contribution in [3.63, 3.8) is 0 Å². The van der Waals surface area contributed by atoms with Crippen LogP contribution in [0.25, 0.3) is 0 Å². The second-order valence-electron chi connectivity index (χ2n) is 10.1. The number of pyridine rings is 1. The summed E-state index contributed by atoms with van der Waals surface area (Å²) in [4.78, 5) is 6.70. The van der Waals surface area contributed by atoms with Gasteiger partial charge in [-0.3, -0.25) is 0 Å². The summed E-state index contributed by atoms with van der Waals surface area (Å²) in [7, 11) is 3.61.